The minimum Gasteiger partial charge on any atom is -0.247 e. The first-order valence-electron chi connectivity index (χ1n) is 4.62. The van der Waals surface area contributed by atoms with Crippen molar-refractivity contribution in [2.45, 2.75) is 0 Å². The number of rotatable bonds is 0. The summed E-state index contributed by atoms with van der Waals surface area (Å²) < 4.78 is 0. The molecule has 0 saturated heterocycles. The summed E-state index contributed by atoms with van der Waals surface area (Å²) in [5.74, 6) is 0. The molecule has 1 aliphatic rings. The fourth-order valence-corrected chi connectivity index (χ4v) is 1.86. The molecule has 0 bridgehead atoms. The van der Waals surface area contributed by atoms with Crippen molar-refractivity contribution >= 4 is 12.3 Å². The number of fused-ring (bicyclic) bond motifs is 3. The summed E-state index contributed by atoms with van der Waals surface area (Å²) in [6, 6.07) is 14.3. The Bertz CT molecular complexity index is 617. The molecule has 2 aromatic rings. The Morgan fingerprint density at radius 1 is 0.867 bits per heavy atom. The average Bonchev–Trinajstić information content (AvgIpc) is 2.59. The van der Waals surface area contributed by atoms with Gasteiger partial charge in [0.2, 0.25) is 0 Å². The van der Waals surface area contributed by atoms with E-state index in [-0.39, 0.29) is 17.1 Å². The zero-order valence-electron chi connectivity index (χ0n) is 8.00. The Morgan fingerprint density at radius 2 is 1.60 bits per heavy atom. The molecule has 0 aliphatic carbocycles. The molecular formula is C13H9CuN. The maximum Gasteiger partial charge on any atom is 0.0782 e. The van der Waals surface area contributed by atoms with E-state index >= 15 is 0 Å². The first kappa shape index (κ1) is 10.2. The normalized spacial score (nSPS) is 10.9. The van der Waals surface area contributed by atoms with Crippen LogP contribution in [-0.2, 0) is 17.1 Å². The van der Waals surface area contributed by atoms with Crippen LogP contribution in [0.25, 0.3) is 17.7 Å². The molecule has 0 spiro atoms. The largest absolute Gasteiger partial charge is 0.247 e. The SMILES string of the molecule is C=c1cccc2c1=Nc1ccccc1-2.[Cu]. The van der Waals surface area contributed by atoms with Crippen LogP contribution in [0.15, 0.2) is 47.5 Å². The van der Waals surface area contributed by atoms with Crippen LogP contribution in [0.5, 0.6) is 0 Å². The number of hydrogen-bond donors (Lipinski definition) is 0. The predicted molar refractivity (Wildman–Crippen MR) is 57.8 cm³/mol. The van der Waals surface area contributed by atoms with Gasteiger partial charge >= 0.3 is 0 Å². The molecule has 1 heterocycles. The molecule has 0 amide bonds. The summed E-state index contributed by atoms with van der Waals surface area (Å²) in [6.45, 7) is 3.98. The minimum absolute atomic E-state index is 0. The van der Waals surface area contributed by atoms with Gasteiger partial charge in [-0.1, -0.05) is 43.0 Å². The molecule has 1 aliphatic heterocycles. The van der Waals surface area contributed by atoms with Gasteiger partial charge in [0.1, 0.15) is 0 Å². The van der Waals surface area contributed by atoms with Gasteiger partial charge in [0, 0.05) is 28.2 Å². The van der Waals surface area contributed by atoms with Crippen LogP contribution in [0.2, 0.25) is 0 Å². The van der Waals surface area contributed by atoms with Crippen molar-refractivity contribution < 1.29 is 17.1 Å². The fourth-order valence-electron chi connectivity index (χ4n) is 1.86. The van der Waals surface area contributed by atoms with E-state index in [0.717, 1.165) is 16.3 Å². The van der Waals surface area contributed by atoms with E-state index in [1.807, 2.05) is 30.3 Å². The number of hydrogen-bond acceptors (Lipinski definition) is 1. The van der Waals surface area contributed by atoms with Crippen molar-refractivity contribution in [3.63, 3.8) is 0 Å². The maximum atomic E-state index is 4.55. The molecule has 0 aromatic heterocycles. The summed E-state index contributed by atoms with van der Waals surface area (Å²) in [5.41, 5.74) is 3.47. The molecule has 77 valence electrons. The second-order valence-corrected chi connectivity index (χ2v) is 3.44. The maximum absolute atomic E-state index is 4.55. The van der Waals surface area contributed by atoms with E-state index in [0.29, 0.717) is 0 Å². The van der Waals surface area contributed by atoms with E-state index in [4.69, 9.17) is 0 Å². The quantitative estimate of drug-likeness (QED) is 0.535. The standard InChI is InChI=1S/C13H9N.Cu/c1-9-5-4-7-11-10-6-2-3-8-12(10)14-13(9)11;/h2-8H,1H2;. The fraction of sp³-hybridized carbons (Fsp3) is 0. The van der Waals surface area contributed by atoms with Crippen molar-refractivity contribution in [3.05, 3.63) is 53.0 Å². The van der Waals surface area contributed by atoms with Crippen LogP contribution in [-0.4, -0.2) is 0 Å². The zero-order chi connectivity index (χ0) is 9.54. The third kappa shape index (κ3) is 1.43. The number of nitrogens with zero attached hydrogens (tertiary/aromatic N) is 1. The monoisotopic (exact) mass is 242 g/mol. The second-order valence-electron chi connectivity index (χ2n) is 3.44. The third-order valence-corrected chi connectivity index (χ3v) is 2.55. The molecule has 15 heavy (non-hydrogen) atoms. The number of para-hydroxylation sites is 2. The minimum atomic E-state index is 0. The molecule has 0 fully saturated rings. The van der Waals surface area contributed by atoms with Gasteiger partial charge in [0.15, 0.2) is 0 Å². The molecule has 0 N–H and O–H groups in total. The van der Waals surface area contributed by atoms with Gasteiger partial charge in [-0.15, -0.1) is 0 Å². The van der Waals surface area contributed by atoms with E-state index in [9.17, 15) is 0 Å². The topological polar surface area (TPSA) is 12.4 Å². The first-order chi connectivity index (χ1) is 6.86. The van der Waals surface area contributed by atoms with E-state index in [1.165, 1.54) is 11.1 Å². The van der Waals surface area contributed by atoms with Crippen LogP contribution in [0, 0.1) is 0 Å². The van der Waals surface area contributed by atoms with Crippen LogP contribution in [0.3, 0.4) is 0 Å². The van der Waals surface area contributed by atoms with Crippen molar-refractivity contribution in [1.29, 1.82) is 0 Å². The summed E-state index contributed by atoms with van der Waals surface area (Å²) in [5, 5.41) is 2.02. The second kappa shape index (κ2) is 3.65. The Morgan fingerprint density at radius 3 is 2.47 bits per heavy atom. The van der Waals surface area contributed by atoms with Crippen molar-refractivity contribution in [1.82, 2.24) is 0 Å². The summed E-state index contributed by atoms with van der Waals surface area (Å²) >= 11 is 0. The predicted octanol–water partition coefficient (Wildman–Crippen LogP) is 2.03. The van der Waals surface area contributed by atoms with Gasteiger partial charge < -0.3 is 0 Å². The molecule has 0 atom stereocenters. The van der Waals surface area contributed by atoms with Crippen LogP contribution in [0.1, 0.15) is 0 Å². The van der Waals surface area contributed by atoms with Gasteiger partial charge in [-0.05, 0) is 11.3 Å². The molecule has 1 nitrogen and oxygen atoms in total. The van der Waals surface area contributed by atoms with E-state index in [2.05, 4.69) is 23.7 Å². The van der Waals surface area contributed by atoms with E-state index in [1.54, 1.807) is 0 Å². The molecular weight excluding hydrogens is 234 g/mol. The molecule has 3 rings (SSSR count). The van der Waals surface area contributed by atoms with Gasteiger partial charge in [-0.2, -0.15) is 0 Å². The van der Waals surface area contributed by atoms with E-state index < -0.39 is 0 Å². The molecule has 2 heteroatoms. The molecule has 2 aromatic carbocycles. The Balaban J connectivity index is 0.000000853. The molecule has 0 saturated carbocycles. The van der Waals surface area contributed by atoms with Crippen molar-refractivity contribution in [3.8, 4) is 11.1 Å². The van der Waals surface area contributed by atoms with Gasteiger partial charge in [-0.25, -0.2) is 4.99 Å². The van der Waals surface area contributed by atoms with Crippen molar-refractivity contribution in [2.24, 2.45) is 4.99 Å². The van der Waals surface area contributed by atoms with Crippen molar-refractivity contribution in [2.75, 3.05) is 0 Å². The smallest absolute Gasteiger partial charge is 0.0782 e. The third-order valence-electron chi connectivity index (χ3n) is 2.55. The summed E-state index contributed by atoms with van der Waals surface area (Å²) in [4.78, 5) is 4.55. The Kier molecular flexibility index (Phi) is 2.47. The van der Waals surface area contributed by atoms with Gasteiger partial charge in [-0.3, -0.25) is 0 Å². The average molecular weight is 243 g/mol. The van der Waals surface area contributed by atoms with Crippen LogP contribution >= 0.6 is 0 Å². The van der Waals surface area contributed by atoms with Gasteiger partial charge in [0.05, 0.1) is 11.0 Å². The van der Waals surface area contributed by atoms with Crippen LogP contribution < -0.4 is 10.6 Å². The molecule has 0 unspecified atom stereocenters. The summed E-state index contributed by atoms with van der Waals surface area (Å²) in [6.07, 6.45) is 0. The Labute approximate surface area is 98.6 Å². The zero-order valence-corrected chi connectivity index (χ0v) is 8.94. The van der Waals surface area contributed by atoms with Crippen LogP contribution in [0.4, 0.5) is 5.69 Å². The Hall–Kier alpha value is -1.37. The van der Waals surface area contributed by atoms with Gasteiger partial charge in [0.25, 0.3) is 0 Å². The summed E-state index contributed by atoms with van der Waals surface area (Å²) in [7, 11) is 0. The number of benzene rings is 2. The first-order valence-corrected chi connectivity index (χ1v) is 4.62. The molecule has 1 radical (unpaired) electrons.